The molecule has 0 saturated carbocycles. The number of nitrogens with one attached hydrogen (secondary N) is 1. The highest BCUT2D eigenvalue weighted by Crippen LogP contribution is 2.27. The second-order valence-corrected chi connectivity index (χ2v) is 7.63. The Kier molecular flexibility index (Phi) is 8.56. The predicted molar refractivity (Wildman–Crippen MR) is 122 cm³/mol. The van der Waals surface area contributed by atoms with Crippen molar-refractivity contribution in [1.29, 1.82) is 0 Å². The summed E-state index contributed by atoms with van der Waals surface area (Å²) in [5.41, 5.74) is 1.95. The lowest BCUT2D eigenvalue weighted by Crippen LogP contribution is -2.42. The zero-order valence-corrected chi connectivity index (χ0v) is 18.9. The van der Waals surface area contributed by atoms with Crippen molar-refractivity contribution in [2.24, 2.45) is 5.92 Å². The molecule has 4 rings (SSSR count). The van der Waals surface area contributed by atoms with E-state index in [1.807, 2.05) is 11.9 Å². The molecule has 1 aromatic carbocycles. The highest BCUT2D eigenvalue weighted by Gasteiger charge is 2.36. The Morgan fingerprint density at radius 1 is 1.10 bits per heavy atom. The molecule has 166 valence electrons. The van der Waals surface area contributed by atoms with Crippen LogP contribution < -0.4 is 5.32 Å². The molecule has 7 nitrogen and oxygen atoms in total. The number of carbonyl (C=O) groups is 3. The summed E-state index contributed by atoms with van der Waals surface area (Å²) in [6.45, 7) is 2.50. The van der Waals surface area contributed by atoms with Crippen LogP contribution in [0.5, 0.6) is 0 Å². The van der Waals surface area contributed by atoms with Crippen LogP contribution in [0.3, 0.4) is 0 Å². The van der Waals surface area contributed by atoms with Gasteiger partial charge in [0.15, 0.2) is 0 Å². The number of aromatic nitrogens is 1. The minimum atomic E-state index is -0.358. The van der Waals surface area contributed by atoms with Gasteiger partial charge in [-0.1, -0.05) is 0 Å². The lowest BCUT2D eigenvalue weighted by molar-refractivity contribution is 0.0641. The Balaban J connectivity index is 0.00000171. The summed E-state index contributed by atoms with van der Waals surface area (Å²) in [6.07, 6.45) is 5.33. The molecule has 2 aliphatic rings. The molecule has 1 unspecified atom stereocenters. The molecule has 0 aliphatic carbocycles. The minimum absolute atomic E-state index is 0. The molecule has 1 aromatic heterocycles. The maximum Gasteiger partial charge on any atom is 0.261 e. The number of halogens is 2. The summed E-state index contributed by atoms with van der Waals surface area (Å²) in [5.74, 6) is -0.330. The van der Waals surface area contributed by atoms with Gasteiger partial charge in [-0.25, -0.2) is 0 Å². The molecule has 1 N–H and O–H groups in total. The van der Waals surface area contributed by atoms with E-state index in [-0.39, 0.29) is 49.1 Å². The maximum absolute atomic E-state index is 13.0. The van der Waals surface area contributed by atoms with Gasteiger partial charge in [0.05, 0.1) is 17.7 Å². The molecule has 2 aromatic rings. The number of benzene rings is 1. The van der Waals surface area contributed by atoms with Crippen LogP contribution in [0.15, 0.2) is 42.7 Å². The van der Waals surface area contributed by atoms with E-state index in [0.29, 0.717) is 29.2 Å². The number of carbonyl (C=O) groups excluding carboxylic acids is 3. The molecule has 31 heavy (non-hydrogen) atoms. The Morgan fingerprint density at radius 2 is 1.81 bits per heavy atom. The normalized spacial score (nSPS) is 17.6. The van der Waals surface area contributed by atoms with Crippen molar-refractivity contribution in [1.82, 2.24) is 20.1 Å². The van der Waals surface area contributed by atoms with E-state index < -0.39 is 0 Å². The third-order valence-corrected chi connectivity index (χ3v) is 5.61. The fraction of sp³-hybridized carbons (Fsp3) is 0.364. The van der Waals surface area contributed by atoms with Crippen LogP contribution in [0.1, 0.15) is 49.5 Å². The summed E-state index contributed by atoms with van der Waals surface area (Å²) < 4.78 is 0. The van der Waals surface area contributed by atoms with Crippen molar-refractivity contribution in [3.63, 3.8) is 0 Å². The zero-order valence-electron chi connectivity index (χ0n) is 17.2. The first kappa shape index (κ1) is 24.8. The Morgan fingerprint density at radius 3 is 2.52 bits per heavy atom. The fourth-order valence-corrected chi connectivity index (χ4v) is 4.13. The van der Waals surface area contributed by atoms with Gasteiger partial charge in [-0.2, -0.15) is 0 Å². The standard InChI is InChI=1S/C22H24N4O3.2ClH/c1-23-12-16-3-2-10-25(13-16)20(27)17-4-5-18-19(11-17)22(29)26(21(18)28)14-15-6-8-24-9-7-15;;/h4-9,11,16,23H,2-3,10,12-14H2,1H3;2*1H. The van der Waals surface area contributed by atoms with Gasteiger partial charge in [-0.3, -0.25) is 24.3 Å². The summed E-state index contributed by atoms with van der Waals surface area (Å²) in [7, 11) is 1.92. The van der Waals surface area contributed by atoms with Crippen molar-refractivity contribution in [2.75, 3.05) is 26.7 Å². The Hall–Kier alpha value is -2.48. The van der Waals surface area contributed by atoms with Crippen LogP contribution in [0, 0.1) is 5.92 Å². The van der Waals surface area contributed by atoms with Crippen LogP contribution in [-0.2, 0) is 6.54 Å². The minimum Gasteiger partial charge on any atom is -0.338 e. The number of imide groups is 1. The monoisotopic (exact) mass is 464 g/mol. The zero-order chi connectivity index (χ0) is 20.4. The molecular weight excluding hydrogens is 439 g/mol. The first-order valence-electron chi connectivity index (χ1n) is 9.91. The van der Waals surface area contributed by atoms with Crippen molar-refractivity contribution in [3.8, 4) is 0 Å². The largest absolute Gasteiger partial charge is 0.338 e. The second kappa shape index (κ2) is 10.7. The number of hydrogen-bond acceptors (Lipinski definition) is 5. The van der Waals surface area contributed by atoms with Gasteiger partial charge in [-0.15, -0.1) is 24.8 Å². The third-order valence-electron chi connectivity index (χ3n) is 5.61. The Bertz CT molecular complexity index is 953. The topological polar surface area (TPSA) is 82.6 Å². The van der Waals surface area contributed by atoms with Crippen LogP contribution in [0.2, 0.25) is 0 Å². The number of hydrogen-bond donors (Lipinski definition) is 1. The van der Waals surface area contributed by atoms with Crippen molar-refractivity contribution >= 4 is 42.5 Å². The lowest BCUT2D eigenvalue weighted by atomic mass is 9.97. The molecule has 9 heteroatoms. The van der Waals surface area contributed by atoms with Gasteiger partial charge in [0.2, 0.25) is 0 Å². The quantitative estimate of drug-likeness (QED) is 0.687. The van der Waals surface area contributed by atoms with E-state index in [1.54, 1.807) is 42.7 Å². The van der Waals surface area contributed by atoms with Gasteiger partial charge in [-0.05, 0) is 68.2 Å². The molecular formula is C22H26Cl2N4O3. The van der Waals surface area contributed by atoms with E-state index >= 15 is 0 Å². The fourth-order valence-electron chi connectivity index (χ4n) is 4.13. The van der Waals surface area contributed by atoms with E-state index in [9.17, 15) is 14.4 Å². The van der Waals surface area contributed by atoms with E-state index in [4.69, 9.17) is 0 Å². The van der Waals surface area contributed by atoms with Gasteiger partial charge in [0, 0.05) is 31.0 Å². The smallest absolute Gasteiger partial charge is 0.261 e. The highest BCUT2D eigenvalue weighted by molar-refractivity contribution is 6.22. The molecule has 0 radical (unpaired) electrons. The summed E-state index contributed by atoms with van der Waals surface area (Å²) in [5, 5.41) is 3.18. The second-order valence-electron chi connectivity index (χ2n) is 7.63. The number of likely N-dealkylation sites (tertiary alicyclic amines) is 1. The predicted octanol–water partition coefficient (Wildman–Crippen LogP) is 2.79. The van der Waals surface area contributed by atoms with E-state index in [0.717, 1.165) is 31.5 Å². The average Bonchev–Trinajstić information content (AvgIpc) is 2.99. The van der Waals surface area contributed by atoms with Gasteiger partial charge >= 0.3 is 0 Å². The molecule has 2 aliphatic heterocycles. The number of rotatable bonds is 5. The summed E-state index contributed by atoms with van der Waals surface area (Å²) in [6, 6.07) is 8.38. The van der Waals surface area contributed by atoms with E-state index in [2.05, 4.69) is 10.3 Å². The lowest BCUT2D eigenvalue weighted by Gasteiger charge is -2.32. The maximum atomic E-state index is 13.0. The summed E-state index contributed by atoms with van der Waals surface area (Å²) >= 11 is 0. The molecule has 0 spiro atoms. The van der Waals surface area contributed by atoms with Gasteiger partial charge < -0.3 is 10.2 Å². The van der Waals surface area contributed by atoms with Gasteiger partial charge in [0.1, 0.15) is 0 Å². The van der Waals surface area contributed by atoms with E-state index in [1.165, 1.54) is 4.90 Å². The average molecular weight is 465 g/mol. The number of amides is 3. The molecule has 1 atom stereocenters. The van der Waals surface area contributed by atoms with Crippen LogP contribution >= 0.6 is 24.8 Å². The van der Waals surface area contributed by atoms with Crippen molar-refractivity contribution in [2.45, 2.75) is 19.4 Å². The number of nitrogens with zero attached hydrogens (tertiary/aromatic N) is 3. The number of piperidine rings is 1. The first-order chi connectivity index (χ1) is 14.1. The molecule has 3 amide bonds. The Labute approximate surface area is 194 Å². The molecule has 3 heterocycles. The van der Waals surface area contributed by atoms with Crippen LogP contribution in [0.25, 0.3) is 0 Å². The summed E-state index contributed by atoms with van der Waals surface area (Å²) in [4.78, 5) is 45.6. The highest BCUT2D eigenvalue weighted by atomic mass is 35.5. The van der Waals surface area contributed by atoms with Crippen molar-refractivity contribution < 1.29 is 14.4 Å². The van der Waals surface area contributed by atoms with Crippen LogP contribution in [0.4, 0.5) is 0 Å². The first-order valence-corrected chi connectivity index (χ1v) is 9.91. The molecule has 1 fully saturated rings. The van der Waals surface area contributed by atoms with Crippen molar-refractivity contribution in [3.05, 3.63) is 65.0 Å². The van der Waals surface area contributed by atoms with Gasteiger partial charge in [0.25, 0.3) is 17.7 Å². The third kappa shape index (κ3) is 5.06. The number of pyridine rings is 1. The molecule has 0 bridgehead atoms. The SMILES string of the molecule is CNCC1CCCN(C(=O)c2ccc3c(c2)C(=O)N(Cc2ccncc2)C3=O)C1.Cl.Cl. The van der Waals surface area contributed by atoms with Crippen LogP contribution in [-0.4, -0.2) is 59.2 Å². The number of fused-ring (bicyclic) bond motifs is 1. The molecule has 1 saturated heterocycles.